The van der Waals surface area contributed by atoms with Crippen LogP contribution < -0.4 is 38.1 Å². The van der Waals surface area contributed by atoms with Crippen LogP contribution in [0, 0.1) is 29.6 Å². The number of alkyl halides is 1. The number of carboxylic acids is 2. The standard InChI is InChI=1S/C19H34N2O5.C14H26N2O3.C12H22N2O4.C11H21NO4.C8H15NO4.C7H14N2O2.C4H9NO.CH3F.CH4/c1-7-13(2)16(20-18(24)26-19(4,5)6)15(22)12-14(3)17(23)21-8-10-25-11-9-21;1-4-10(2)13(15)12(17)9-11(3)14(18)16-5-7-19-8-6-16;1-9(13-11(16)18-12(2,3)4)10(15)14-5-7-17-8-6-14;1-6-7(2)8(9(13)14)12-10(15)16-11(3,4)5;1-5(6(10)11)9-7(12)13-8(2,3)4;1-6(8)7(10)9-2-4-11-5-3-9;1-3-6-4-2-5-1;1-2;/h13-14,16H,7-12H2,1-6H3,(H,20,24);10-11,13H,4-9,15H2,1-3H3;9H,5-8H2,1-4H3,(H,13,16);7-8H,6H2,1-5H3,(H,12,15)(H,13,14);5H,1-4H3,(H,9,12)(H,10,11);6H,2-5,8H2,1H3;5H,1-4H2;1H3;1H4/t13-,14+,16-;10-,11+,13-;9-;7-,8-;5-;6-;;;/m000000.../s1/i;;;;;;;1D;. The Morgan fingerprint density at radius 2 is 0.688 bits per heavy atom. The monoisotopic (exact) mass is 1620 g/mol. The van der Waals surface area contributed by atoms with Crippen molar-refractivity contribution in [3.05, 3.63) is 0 Å². The van der Waals surface area contributed by atoms with Crippen LogP contribution in [0.3, 0.4) is 0 Å². The molecule has 5 heterocycles. The topological polar surface area (TPSA) is 454 Å². The number of halogens is 1. The molecule has 34 nitrogen and oxygen atoms in total. The smallest absolute Gasteiger partial charge is 0.408 e. The average Bonchev–Trinajstić information content (AvgIpc) is 0.843. The number of ether oxygens (including phenoxy) is 9. The lowest BCUT2D eigenvalue weighted by molar-refractivity contribution is -0.141. The molecule has 35 heteroatoms. The number of hydrogen-bond donors (Lipinski definition) is 9. The predicted molar refractivity (Wildman–Crippen MR) is 424 cm³/mol. The van der Waals surface area contributed by atoms with Crippen molar-refractivity contribution in [3.63, 3.8) is 0 Å². The Bertz CT molecular complexity index is 2730. The van der Waals surface area contributed by atoms with Gasteiger partial charge in [-0.25, -0.2) is 24.0 Å². The summed E-state index contributed by atoms with van der Waals surface area (Å²) in [7, 11) is -1.00. The summed E-state index contributed by atoms with van der Waals surface area (Å²) >= 11 is 0. The van der Waals surface area contributed by atoms with E-state index in [2.05, 4.69) is 26.6 Å². The molecule has 656 valence electrons. The van der Waals surface area contributed by atoms with Crippen LogP contribution in [0.25, 0.3) is 0 Å². The minimum Gasteiger partial charge on any atom is -0.480 e. The second kappa shape index (κ2) is 58.7. The van der Waals surface area contributed by atoms with Crippen molar-refractivity contribution in [1.29, 1.82) is 0 Å². The summed E-state index contributed by atoms with van der Waals surface area (Å²) in [6, 6.07) is -3.92. The van der Waals surface area contributed by atoms with Crippen LogP contribution in [0.15, 0.2) is 0 Å². The Hall–Kier alpha value is -7.15. The number of alkyl carbamates (subject to hydrolysis) is 4. The molecule has 0 aromatic heterocycles. The van der Waals surface area contributed by atoms with Crippen molar-refractivity contribution >= 4 is 71.5 Å². The number of nitrogens with zero attached hydrogens (tertiary/aromatic N) is 4. The second-order valence-electron chi connectivity index (χ2n) is 31.4. The van der Waals surface area contributed by atoms with Gasteiger partial charge >= 0.3 is 36.3 Å². The molecule has 0 spiro atoms. The zero-order valence-corrected chi connectivity index (χ0v) is 71.0. The van der Waals surface area contributed by atoms with Gasteiger partial charge in [-0.05, 0) is 122 Å². The third-order valence-corrected chi connectivity index (χ3v) is 16.6. The lowest BCUT2D eigenvalue weighted by Crippen LogP contribution is -2.51. The molecule has 11 N–H and O–H groups in total. The van der Waals surface area contributed by atoms with Crippen molar-refractivity contribution in [2.24, 2.45) is 41.1 Å². The van der Waals surface area contributed by atoms with Gasteiger partial charge in [0.25, 0.3) is 0 Å². The number of amides is 8. The molecule has 5 saturated heterocycles. The molecule has 0 radical (unpaired) electrons. The van der Waals surface area contributed by atoms with E-state index in [0.717, 1.165) is 39.1 Å². The Morgan fingerprint density at radius 3 is 0.955 bits per heavy atom. The number of morpholine rings is 5. The maximum atomic E-state index is 12.8. The Kier molecular flexibility index (Phi) is 57.1. The zero-order valence-electron chi connectivity index (χ0n) is 72.0. The van der Waals surface area contributed by atoms with E-state index in [0.29, 0.717) is 112 Å². The van der Waals surface area contributed by atoms with Crippen LogP contribution in [-0.2, 0) is 81.0 Å². The van der Waals surface area contributed by atoms with E-state index in [1.165, 1.54) is 6.92 Å². The molecule has 5 fully saturated rings. The maximum Gasteiger partial charge on any atom is 0.408 e. The van der Waals surface area contributed by atoms with Crippen molar-refractivity contribution in [1.82, 2.24) is 46.2 Å². The molecule has 0 bridgehead atoms. The van der Waals surface area contributed by atoms with Gasteiger partial charge in [-0.2, -0.15) is 0 Å². The van der Waals surface area contributed by atoms with Crippen LogP contribution in [-0.4, -0.2) is 299 Å². The first-order valence-electron chi connectivity index (χ1n) is 39.1. The highest BCUT2D eigenvalue weighted by atomic mass is 19.1. The average molecular weight is 1620 g/mol. The lowest BCUT2D eigenvalue weighted by Gasteiger charge is -2.30. The van der Waals surface area contributed by atoms with Crippen LogP contribution in [0.5, 0.6) is 0 Å². The minimum absolute atomic E-state index is 0. The van der Waals surface area contributed by atoms with E-state index in [1.54, 1.807) is 137 Å². The van der Waals surface area contributed by atoms with Gasteiger partial charge in [0.15, 0.2) is 11.6 Å². The first kappa shape index (κ1) is 109. The summed E-state index contributed by atoms with van der Waals surface area (Å²) in [5.74, 6) is -3.10. The number of carbonyl (C=O) groups is 12. The van der Waals surface area contributed by atoms with Gasteiger partial charge < -0.3 is 110 Å². The van der Waals surface area contributed by atoms with Crippen LogP contribution >= 0.6 is 0 Å². The minimum atomic E-state index is -1.09. The fourth-order valence-corrected chi connectivity index (χ4v) is 9.87. The Labute approximate surface area is 668 Å². The number of ketones is 2. The van der Waals surface area contributed by atoms with Gasteiger partial charge in [-0.3, -0.25) is 38.0 Å². The maximum absolute atomic E-state index is 12.8. The van der Waals surface area contributed by atoms with Crippen LogP contribution in [0.2, 0.25) is 0 Å². The largest absolute Gasteiger partial charge is 0.480 e. The van der Waals surface area contributed by atoms with Crippen LogP contribution in [0.1, 0.15) is 200 Å². The number of carboxylic acid groups (broad SMARTS) is 2. The summed E-state index contributed by atoms with van der Waals surface area (Å²) < 4.78 is 61.5. The quantitative estimate of drug-likeness (QED) is 0.0494. The van der Waals surface area contributed by atoms with Gasteiger partial charge in [-0.15, -0.1) is 0 Å². The highest BCUT2D eigenvalue weighted by Gasteiger charge is 2.34. The number of rotatable bonds is 22. The van der Waals surface area contributed by atoms with Gasteiger partial charge in [0, 0.05) is 90.1 Å². The third kappa shape index (κ3) is 53.8. The van der Waals surface area contributed by atoms with E-state index < -0.39 is 102 Å². The second-order valence-corrected chi connectivity index (χ2v) is 31.4. The highest BCUT2D eigenvalue weighted by molar-refractivity contribution is 5.92. The van der Waals surface area contributed by atoms with E-state index in [4.69, 9.17) is 65.7 Å². The Morgan fingerprint density at radius 1 is 0.420 bits per heavy atom. The molecule has 0 saturated carbocycles. The number of hydrogen-bond acceptors (Lipinski definition) is 24. The van der Waals surface area contributed by atoms with Gasteiger partial charge in [0.05, 0.1) is 92.7 Å². The number of nitrogens with one attached hydrogen (secondary N) is 5. The van der Waals surface area contributed by atoms with Crippen molar-refractivity contribution in [2.45, 2.75) is 257 Å². The van der Waals surface area contributed by atoms with E-state index in [-0.39, 0.29) is 85.2 Å². The summed E-state index contributed by atoms with van der Waals surface area (Å²) in [4.78, 5) is 147. The zero-order chi connectivity index (χ0) is 86.9. The lowest BCUT2D eigenvalue weighted by atomic mass is 9.90. The normalized spacial score (nSPS) is 18.0. The van der Waals surface area contributed by atoms with E-state index in [9.17, 15) is 61.9 Å². The third-order valence-electron chi connectivity index (χ3n) is 16.6. The number of nitrogens with two attached hydrogens (primary N) is 2. The van der Waals surface area contributed by atoms with Crippen molar-refractivity contribution in [3.8, 4) is 0 Å². The molecule has 5 rings (SSSR count). The fourth-order valence-electron chi connectivity index (χ4n) is 9.87. The van der Waals surface area contributed by atoms with E-state index in [1.807, 2.05) is 34.6 Å². The summed E-state index contributed by atoms with van der Waals surface area (Å²) in [5, 5.41) is 30.3. The highest BCUT2D eigenvalue weighted by Crippen LogP contribution is 2.20. The Balaban J connectivity index is -0.000000625. The molecule has 0 aliphatic carbocycles. The molecule has 0 aromatic carbocycles. The van der Waals surface area contributed by atoms with E-state index >= 15 is 0 Å². The molecule has 8 amide bonds. The number of carbonyl (C=O) groups excluding carboxylic acids is 10. The number of aliphatic carboxylic acids is 2. The predicted octanol–water partition coefficient (Wildman–Crippen LogP) is 6.97. The molecular weight excluding hydrogens is 1470 g/mol. The van der Waals surface area contributed by atoms with Crippen molar-refractivity contribution in [2.75, 3.05) is 139 Å². The van der Waals surface area contributed by atoms with Crippen molar-refractivity contribution < 1.29 is 116 Å². The summed E-state index contributed by atoms with van der Waals surface area (Å²) in [5.41, 5.74) is 8.91. The first-order chi connectivity index (χ1) is 51.8. The van der Waals surface area contributed by atoms with Gasteiger partial charge in [0.1, 0.15) is 40.5 Å². The molecule has 112 heavy (non-hydrogen) atoms. The first-order valence-corrected chi connectivity index (χ1v) is 38.4. The summed E-state index contributed by atoms with van der Waals surface area (Å²) in [6.45, 7) is 54.0. The molecule has 0 aromatic rings. The molecule has 5 aliphatic heterocycles. The van der Waals surface area contributed by atoms with Gasteiger partial charge in [0.2, 0.25) is 23.6 Å². The van der Waals surface area contributed by atoms with Crippen LogP contribution in [0.4, 0.5) is 23.6 Å². The molecule has 11 atom stereocenters. The molecular formula is C77H148FN11O23. The summed E-state index contributed by atoms with van der Waals surface area (Å²) in [6.07, 6.45) is 0.0223. The fraction of sp³-hybridized carbons (Fsp3) is 0.844. The molecule has 0 unspecified atom stereocenters. The molecule has 5 aliphatic rings. The van der Waals surface area contributed by atoms with Gasteiger partial charge in [-0.1, -0.05) is 82.1 Å². The number of Topliss-reactive ketones (excluding diaryl/α,β-unsaturated/α-hetero) is 2. The SMILES string of the molecule is C.C1COCCN1.CC[C@H](C)[C@H](N)C(=O)C[C@@H](C)C(=O)N1CCOCC1.CC[C@H](C)[C@H](NC(=O)OC(C)(C)C)C(=O)C[C@@H](C)C(=O)N1CCOCC1.CC[C@H](C)[C@H](NC(=O)OC(C)(C)C)C(=O)O.C[C@H](N)C(=O)N1CCOCC1.C[C@H](NC(=O)OC(C)(C)C)C(=O)N1CCOCC1.C[C@H](NC(=O)OC(C)(C)C)C(=O)O.[2H]CF.